The Kier molecular flexibility index (Phi) is 3.99. The third-order valence-electron chi connectivity index (χ3n) is 2.98. The van der Waals surface area contributed by atoms with E-state index in [1.54, 1.807) is 13.3 Å². The number of hydrogen-bond donors (Lipinski definition) is 1. The molecule has 4 heteroatoms. The van der Waals surface area contributed by atoms with Crippen LogP contribution in [0.5, 0.6) is 5.75 Å². The normalized spacial score (nSPS) is 10.6. The quantitative estimate of drug-likeness (QED) is 0.880. The maximum atomic E-state index is 5.58. The number of nitrogens with two attached hydrogens (primary N) is 1. The van der Waals surface area contributed by atoms with E-state index in [1.165, 1.54) is 0 Å². The van der Waals surface area contributed by atoms with E-state index in [1.807, 2.05) is 12.1 Å². The fraction of sp³-hybridized carbons (Fsp3) is 0.357. The van der Waals surface area contributed by atoms with Gasteiger partial charge in [0.2, 0.25) is 0 Å². The van der Waals surface area contributed by atoms with Gasteiger partial charge in [-0.3, -0.25) is 0 Å². The number of benzene rings is 1. The molecule has 0 aliphatic heterocycles. The summed E-state index contributed by atoms with van der Waals surface area (Å²) in [5.74, 6) is 1.71. The molecule has 2 N–H and O–H groups in total. The summed E-state index contributed by atoms with van der Waals surface area (Å²) in [6, 6.07) is 6.03. The molecule has 4 nitrogen and oxygen atoms in total. The number of aromatic nitrogens is 1. The molecule has 96 valence electrons. The second-order valence-corrected chi connectivity index (χ2v) is 4.10. The topological polar surface area (TPSA) is 61.3 Å². The first-order valence-electron chi connectivity index (χ1n) is 6.11. The second-order valence-electron chi connectivity index (χ2n) is 4.10. The maximum Gasteiger partial charge on any atom is 0.170 e. The van der Waals surface area contributed by atoms with Crippen LogP contribution < -0.4 is 10.5 Å². The summed E-state index contributed by atoms with van der Waals surface area (Å²) >= 11 is 0. The average Bonchev–Trinajstić information content (AvgIpc) is 2.86. The number of nitrogens with zero attached hydrogens (tertiary/aromatic N) is 1. The lowest BCUT2D eigenvalue weighted by atomic mass is 10.0. The highest BCUT2D eigenvalue weighted by molar-refractivity contribution is 5.63. The van der Waals surface area contributed by atoms with Gasteiger partial charge in [-0.25, -0.2) is 0 Å². The predicted octanol–water partition coefficient (Wildman–Crippen LogP) is 2.41. The summed E-state index contributed by atoms with van der Waals surface area (Å²) in [5, 5.41) is 3.85. The molecular weight excluding hydrogens is 228 g/mol. The highest BCUT2D eigenvalue weighted by Gasteiger charge is 2.12. The van der Waals surface area contributed by atoms with E-state index in [2.05, 4.69) is 18.1 Å². The molecule has 2 aromatic rings. The minimum Gasteiger partial charge on any atom is -0.496 e. The third-order valence-corrected chi connectivity index (χ3v) is 2.98. The number of hydrogen-bond acceptors (Lipinski definition) is 4. The zero-order valence-corrected chi connectivity index (χ0v) is 10.8. The van der Waals surface area contributed by atoms with Crippen molar-refractivity contribution in [3.05, 3.63) is 35.5 Å². The molecule has 0 saturated carbocycles. The first-order chi connectivity index (χ1) is 8.80. The van der Waals surface area contributed by atoms with E-state index in [4.69, 9.17) is 15.0 Å². The summed E-state index contributed by atoms with van der Waals surface area (Å²) in [6.45, 7) is 2.69. The van der Waals surface area contributed by atoms with Gasteiger partial charge in [-0.1, -0.05) is 12.1 Å². The first-order valence-corrected chi connectivity index (χ1v) is 6.11. The molecule has 0 atom stereocenters. The minimum absolute atomic E-state index is 0.588. The third kappa shape index (κ3) is 2.38. The van der Waals surface area contributed by atoms with Gasteiger partial charge < -0.3 is 15.0 Å². The molecule has 0 spiro atoms. The molecule has 1 aromatic carbocycles. The molecule has 0 fully saturated rings. The van der Waals surface area contributed by atoms with E-state index in [0.717, 1.165) is 41.0 Å². The molecule has 0 amide bonds. The van der Waals surface area contributed by atoms with Crippen LogP contribution >= 0.6 is 0 Å². The second kappa shape index (κ2) is 5.69. The highest BCUT2D eigenvalue weighted by Crippen LogP contribution is 2.29. The molecule has 0 aliphatic rings. The standard InChI is InChI=1S/C14H18N2O2/c1-3-10-8-11(4-5-13(10)17-2)14-12(6-7-15)9-16-18-14/h4-5,8-9H,3,6-7,15H2,1-2H3. The fourth-order valence-corrected chi connectivity index (χ4v) is 2.03. The van der Waals surface area contributed by atoms with Gasteiger partial charge in [-0.2, -0.15) is 0 Å². The van der Waals surface area contributed by atoms with Crippen molar-refractivity contribution in [2.75, 3.05) is 13.7 Å². The Morgan fingerprint density at radius 2 is 2.17 bits per heavy atom. The van der Waals surface area contributed by atoms with Gasteiger partial charge in [0.1, 0.15) is 5.75 Å². The van der Waals surface area contributed by atoms with Gasteiger partial charge >= 0.3 is 0 Å². The SMILES string of the molecule is CCc1cc(-c2oncc2CCN)ccc1OC. The van der Waals surface area contributed by atoms with Crippen LogP contribution in [0.2, 0.25) is 0 Å². The average molecular weight is 246 g/mol. The van der Waals surface area contributed by atoms with E-state index in [-0.39, 0.29) is 0 Å². The predicted molar refractivity (Wildman–Crippen MR) is 70.6 cm³/mol. The first kappa shape index (κ1) is 12.6. The molecule has 0 aliphatic carbocycles. The fourth-order valence-electron chi connectivity index (χ4n) is 2.03. The Bertz CT molecular complexity index is 520. The minimum atomic E-state index is 0.588. The lowest BCUT2D eigenvalue weighted by Gasteiger charge is -2.08. The number of ether oxygens (including phenoxy) is 1. The molecule has 18 heavy (non-hydrogen) atoms. The number of aryl methyl sites for hydroxylation is 1. The van der Waals surface area contributed by atoms with Crippen molar-refractivity contribution >= 4 is 0 Å². The van der Waals surface area contributed by atoms with E-state index in [9.17, 15) is 0 Å². The van der Waals surface area contributed by atoms with Gasteiger partial charge in [-0.15, -0.1) is 0 Å². The highest BCUT2D eigenvalue weighted by atomic mass is 16.5. The summed E-state index contributed by atoms with van der Waals surface area (Å²) in [6.07, 6.45) is 3.42. The van der Waals surface area contributed by atoms with E-state index < -0.39 is 0 Å². The number of methoxy groups -OCH3 is 1. The van der Waals surface area contributed by atoms with Crippen molar-refractivity contribution in [1.29, 1.82) is 0 Å². The van der Waals surface area contributed by atoms with Crippen molar-refractivity contribution in [2.24, 2.45) is 5.73 Å². The van der Waals surface area contributed by atoms with Crippen LogP contribution in [0.4, 0.5) is 0 Å². The molecule has 1 aromatic heterocycles. The smallest absolute Gasteiger partial charge is 0.170 e. The van der Waals surface area contributed by atoms with Crippen LogP contribution in [0.25, 0.3) is 11.3 Å². The van der Waals surface area contributed by atoms with E-state index in [0.29, 0.717) is 6.54 Å². The summed E-state index contributed by atoms with van der Waals surface area (Å²) in [5.41, 5.74) is 8.80. The van der Waals surface area contributed by atoms with Crippen LogP contribution in [0.3, 0.4) is 0 Å². The summed E-state index contributed by atoms with van der Waals surface area (Å²) < 4.78 is 10.6. The number of rotatable bonds is 5. The van der Waals surface area contributed by atoms with Gasteiger partial charge in [0.15, 0.2) is 5.76 Å². The Hall–Kier alpha value is -1.81. The Morgan fingerprint density at radius 3 is 2.83 bits per heavy atom. The van der Waals surface area contributed by atoms with Gasteiger partial charge in [0.25, 0.3) is 0 Å². The van der Waals surface area contributed by atoms with Crippen LogP contribution in [0, 0.1) is 0 Å². The zero-order chi connectivity index (χ0) is 13.0. The van der Waals surface area contributed by atoms with Crippen molar-refractivity contribution < 1.29 is 9.26 Å². The molecule has 0 radical (unpaired) electrons. The van der Waals surface area contributed by atoms with Crippen LogP contribution in [0.15, 0.2) is 28.9 Å². The van der Waals surface area contributed by atoms with Crippen molar-refractivity contribution in [3.63, 3.8) is 0 Å². The lowest BCUT2D eigenvalue weighted by Crippen LogP contribution is -2.02. The Morgan fingerprint density at radius 1 is 1.33 bits per heavy atom. The van der Waals surface area contributed by atoms with Crippen LogP contribution in [0.1, 0.15) is 18.1 Å². The monoisotopic (exact) mass is 246 g/mol. The van der Waals surface area contributed by atoms with Crippen LogP contribution in [-0.4, -0.2) is 18.8 Å². The van der Waals surface area contributed by atoms with E-state index >= 15 is 0 Å². The van der Waals surface area contributed by atoms with Gasteiger partial charge in [-0.05, 0) is 43.1 Å². The summed E-state index contributed by atoms with van der Waals surface area (Å²) in [4.78, 5) is 0. The molecule has 1 heterocycles. The Balaban J connectivity index is 2.41. The molecule has 0 saturated heterocycles. The molecule has 0 unspecified atom stereocenters. The molecule has 2 rings (SSSR count). The molecular formula is C14H18N2O2. The van der Waals surface area contributed by atoms with Crippen molar-refractivity contribution in [1.82, 2.24) is 5.16 Å². The Labute approximate surface area is 107 Å². The maximum absolute atomic E-state index is 5.58. The largest absolute Gasteiger partial charge is 0.496 e. The lowest BCUT2D eigenvalue weighted by molar-refractivity contribution is 0.409. The van der Waals surface area contributed by atoms with Gasteiger partial charge in [0.05, 0.1) is 13.3 Å². The van der Waals surface area contributed by atoms with Crippen molar-refractivity contribution in [3.8, 4) is 17.1 Å². The molecule has 0 bridgehead atoms. The zero-order valence-electron chi connectivity index (χ0n) is 10.8. The van der Waals surface area contributed by atoms with Crippen LogP contribution in [-0.2, 0) is 12.8 Å². The van der Waals surface area contributed by atoms with Gasteiger partial charge in [0, 0.05) is 11.1 Å². The summed E-state index contributed by atoms with van der Waals surface area (Å²) in [7, 11) is 1.68. The van der Waals surface area contributed by atoms with Crippen molar-refractivity contribution in [2.45, 2.75) is 19.8 Å².